The maximum Gasteiger partial charge on any atom is 0.113 e. The molecule has 0 aliphatic rings. The summed E-state index contributed by atoms with van der Waals surface area (Å²) in [5.41, 5.74) is 1.96. The van der Waals surface area contributed by atoms with Crippen LogP contribution in [0.3, 0.4) is 0 Å². The molecular formula is C11H13N3O. The molecule has 0 radical (unpaired) electrons. The molecule has 0 spiro atoms. The number of rotatable bonds is 4. The number of nitrogens with zero attached hydrogens (tertiary/aromatic N) is 3. The lowest BCUT2D eigenvalue weighted by molar-refractivity contribution is 0.267. The third-order valence-corrected chi connectivity index (χ3v) is 2.06. The first-order valence-corrected chi connectivity index (χ1v) is 4.96. The Morgan fingerprint density at radius 1 is 1.40 bits per heavy atom. The van der Waals surface area contributed by atoms with Crippen molar-refractivity contribution in [1.82, 2.24) is 15.0 Å². The molecular weight excluding hydrogens is 190 g/mol. The molecule has 0 unspecified atom stereocenters. The van der Waals surface area contributed by atoms with Crippen LogP contribution in [0.2, 0.25) is 0 Å². The minimum atomic E-state index is 0.681. The number of benzene rings is 1. The van der Waals surface area contributed by atoms with Crippen molar-refractivity contribution in [3.05, 3.63) is 36.6 Å². The molecule has 0 N–H and O–H groups in total. The van der Waals surface area contributed by atoms with Crippen molar-refractivity contribution in [1.29, 1.82) is 0 Å². The van der Waals surface area contributed by atoms with Crippen LogP contribution in [-0.4, -0.2) is 21.6 Å². The van der Waals surface area contributed by atoms with Gasteiger partial charge >= 0.3 is 0 Å². The van der Waals surface area contributed by atoms with Gasteiger partial charge in [-0.2, -0.15) is 0 Å². The lowest BCUT2D eigenvalue weighted by atomic mass is 10.3. The topological polar surface area (TPSA) is 39.9 Å². The second-order valence-electron chi connectivity index (χ2n) is 3.09. The molecule has 1 aromatic heterocycles. The van der Waals surface area contributed by atoms with Crippen LogP contribution < -0.4 is 0 Å². The summed E-state index contributed by atoms with van der Waals surface area (Å²) in [6.45, 7) is 3.32. The normalized spacial score (nSPS) is 11.3. The average molecular weight is 203 g/mol. The lowest BCUT2D eigenvalue weighted by Crippen LogP contribution is -1.97. The summed E-state index contributed by atoms with van der Waals surface area (Å²) in [7, 11) is 0. The number of hydrogen-bond donors (Lipinski definition) is 0. The Bertz CT molecular complexity index is 462. The van der Waals surface area contributed by atoms with Crippen LogP contribution in [0.4, 0.5) is 0 Å². The third-order valence-electron chi connectivity index (χ3n) is 2.06. The molecule has 0 saturated heterocycles. The second kappa shape index (κ2) is 4.59. The Hall–Kier alpha value is -1.84. The largest absolute Gasteiger partial charge is 0.502 e. The highest BCUT2D eigenvalue weighted by molar-refractivity contribution is 5.73. The van der Waals surface area contributed by atoms with Gasteiger partial charge in [0, 0.05) is 0 Å². The highest BCUT2D eigenvalue weighted by Gasteiger charge is 2.00. The molecule has 0 aliphatic carbocycles. The first kappa shape index (κ1) is 9.71. The van der Waals surface area contributed by atoms with Crippen molar-refractivity contribution in [2.75, 3.05) is 6.61 Å². The molecule has 15 heavy (non-hydrogen) atoms. The smallest absolute Gasteiger partial charge is 0.113 e. The summed E-state index contributed by atoms with van der Waals surface area (Å²) in [4.78, 5) is 0. The van der Waals surface area contributed by atoms with E-state index in [9.17, 15) is 0 Å². The fraction of sp³-hybridized carbons (Fsp3) is 0.273. The summed E-state index contributed by atoms with van der Waals surface area (Å²) < 4.78 is 6.94. The van der Waals surface area contributed by atoms with Crippen molar-refractivity contribution < 1.29 is 4.74 Å². The number of allylic oxidation sites excluding steroid dienone is 1. The van der Waals surface area contributed by atoms with Crippen molar-refractivity contribution in [3.8, 4) is 0 Å². The zero-order valence-corrected chi connectivity index (χ0v) is 8.63. The van der Waals surface area contributed by atoms with E-state index in [0.29, 0.717) is 13.2 Å². The van der Waals surface area contributed by atoms with Gasteiger partial charge < -0.3 is 4.74 Å². The molecule has 1 aromatic carbocycles. The fourth-order valence-corrected chi connectivity index (χ4v) is 1.36. The monoisotopic (exact) mass is 203 g/mol. The van der Waals surface area contributed by atoms with Crippen LogP contribution in [0.5, 0.6) is 0 Å². The Kier molecular flexibility index (Phi) is 2.97. The molecule has 0 saturated carbocycles. The third kappa shape index (κ3) is 2.15. The van der Waals surface area contributed by atoms with Crippen LogP contribution in [-0.2, 0) is 11.3 Å². The molecule has 4 nitrogen and oxygen atoms in total. The fourth-order valence-electron chi connectivity index (χ4n) is 1.36. The second-order valence-corrected chi connectivity index (χ2v) is 3.09. The van der Waals surface area contributed by atoms with E-state index in [1.54, 1.807) is 6.26 Å². The van der Waals surface area contributed by atoms with E-state index in [1.807, 2.05) is 41.9 Å². The molecule has 2 rings (SSSR count). The standard InChI is InChI=1S/C11H13N3O/c1-2-15-9-5-8-14-11-7-4-3-6-10(11)12-13-14/h3-7,9H,2,8H2,1H3/b9-5+. The van der Waals surface area contributed by atoms with Crippen LogP contribution in [0.1, 0.15) is 6.92 Å². The Morgan fingerprint density at radius 2 is 2.27 bits per heavy atom. The molecule has 0 atom stereocenters. The van der Waals surface area contributed by atoms with Crippen molar-refractivity contribution in [2.24, 2.45) is 0 Å². The van der Waals surface area contributed by atoms with E-state index in [2.05, 4.69) is 10.3 Å². The summed E-state index contributed by atoms with van der Waals surface area (Å²) in [5, 5.41) is 8.11. The summed E-state index contributed by atoms with van der Waals surface area (Å²) >= 11 is 0. The molecule has 1 heterocycles. The lowest BCUT2D eigenvalue weighted by Gasteiger charge is -1.96. The molecule has 78 valence electrons. The number of aromatic nitrogens is 3. The average Bonchev–Trinajstić information content (AvgIpc) is 2.68. The number of ether oxygens (including phenoxy) is 1. The van der Waals surface area contributed by atoms with E-state index in [0.717, 1.165) is 11.0 Å². The van der Waals surface area contributed by atoms with Gasteiger partial charge in [-0.3, -0.25) is 0 Å². The zero-order valence-electron chi connectivity index (χ0n) is 8.63. The van der Waals surface area contributed by atoms with Gasteiger partial charge in [-0.25, -0.2) is 4.68 Å². The Balaban J connectivity index is 2.14. The molecule has 0 fully saturated rings. The first-order chi connectivity index (χ1) is 7.42. The van der Waals surface area contributed by atoms with Crippen LogP contribution in [0.15, 0.2) is 36.6 Å². The molecule has 0 bridgehead atoms. The van der Waals surface area contributed by atoms with E-state index in [-0.39, 0.29) is 0 Å². The number of para-hydroxylation sites is 1. The van der Waals surface area contributed by atoms with Gasteiger partial charge in [-0.15, -0.1) is 5.10 Å². The minimum absolute atomic E-state index is 0.681. The van der Waals surface area contributed by atoms with Crippen molar-refractivity contribution in [3.63, 3.8) is 0 Å². The maximum absolute atomic E-state index is 5.10. The van der Waals surface area contributed by atoms with E-state index < -0.39 is 0 Å². The molecule has 4 heteroatoms. The van der Waals surface area contributed by atoms with Gasteiger partial charge in [-0.1, -0.05) is 17.3 Å². The molecule has 2 aromatic rings. The van der Waals surface area contributed by atoms with Crippen LogP contribution in [0, 0.1) is 0 Å². The first-order valence-electron chi connectivity index (χ1n) is 4.96. The van der Waals surface area contributed by atoms with Gasteiger partial charge in [0.1, 0.15) is 5.52 Å². The van der Waals surface area contributed by atoms with Crippen LogP contribution in [0.25, 0.3) is 11.0 Å². The van der Waals surface area contributed by atoms with Gasteiger partial charge in [0.25, 0.3) is 0 Å². The minimum Gasteiger partial charge on any atom is -0.502 e. The molecule has 0 aliphatic heterocycles. The molecule has 0 amide bonds. The Morgan fingerprint density at radius 3 is 3.13 bits per heavy atom. The van der Waals surface area contributed by atoms with Gasteiger partial charge in [0.2, 0.25) is 0 Å². The quantitative estimate of drug-likeness (QED) is 0.713. The van der Waals surface area contributed by atoms with E-state index >= 15 is 0 Å². The van der Waals surface area contributed by atoms with Gasteiger partial charge in [0.15, 0.2) is 0 Å². The van der Waals surface area contributed by atoms with E-state index in [4.69, 9.17) is 4.74 Å². The predicted octanol–water partition coefficient (Wildman–Crippen LogP) is 1.98. The van der Waals surface area contributed by atoms with Gasteiger partial charge in [0.05, 0.1) is 24.9 Å². The predicted molar refractivity (Wildman–Crippen MR) is 58.3 cm³/mol. The highest BCUT2D eigenvalue weighted by atomic mass is 16.5. The van der Waals surface area contributed by atoms with Crippen LogP contribution >= 0.6 is 0 Å². The maximum atomic E-state index is 5.10. The summed E-state index contributed by atoms with van der Waals surface area (Å²) in [6, 6.07) is 7.89. The summed E-state index contributed by atoms with van der Waals surface area (Å²) in [5.74, 6) is 0. The SMILES string of the molecule is CCO/C=C/Cn1nnc2ccccc21. The summed E-state index contributed by atoms with van der Waals surface area (Å²) in [6.07, 6.45) is 3.61. The Labute approximate surface area is 88.2 Å². The number of fused-ring (bicyclic) bond motifs is 1. The van der Waals surface area contributed by atoms with Crippen molar-refractivity contribution >= 4 is 11.0 Å². The zero-order chi connectivity index (χ0) is 10.5. The number of hydrogen-bond acceptors (Lipinski definition) is 3. The van der Waals surface area contributed by atoms with Gasteiger partial charge in [-0.05, 0) is 25.1 Å². The van der Waals surface area contributed by atoms with Crippen molar-refractivity contribution in [2.45, 2.75) is 13.5 Å². The highest BCUT2D eigenvalue weighted by Crippen LogP contribution is 2.09. The van der Waals surface area contributed by atoms with E-state index in [1.165, 1.54) is 0 Å².